The fraction of sp³-hybridized carbons (Fsp3) is 0.278. The summed E-state index contributed by atoms with van der Waals surface area (Å²) in [5.41, 5.74) is -0.429. The minimum Gasteiger partial charge on any atom is -0.481 e. The van der Waals surface area contributed by atoms with Crippen LogP contribution in [0.2, 0.25) is 5.02 Å². The zero-order chi connectivity index (χ0) is 21.9. The standard InChI is InChI=1S/C18H17ClFN3O6S/c19-14-3-1-2-4-17(14)30(27,28)22-9-7-21(8-10-22)18(24)12-29-16-6-5-13(23(25)26)11-15(16)20/h1-6,11H,7-10,12H2. The van der Waals surface area contributed by atoms with E-state index < -0.39 is 39.0 Å². The van der Waals surface area contributed by atoms with Crippen molar-refractivity contribution in [3.05, 3.63) is 63.4 Å². The summed E-state index contributed by atoms with van der Waals surface area (Å²) in [6.07, 6.45) is 0. The van der Waals surface area contributed by atoms with E-state index >= 15 is 0 Å². The quantitative estimate of drug-likeness (QED) is 0.486. The number of piperazine rings is 1. The summed E-state index contributed by atoms with van der Waals surface area (Å²) in [5.74, 6) is -1.69. The average Bonchev–Trinajstić information content (AvgIpc) is 2.72. The summed E-state index contributed by atoms with van der Waals surface area (Å²) < 4.78 is 45.7. The summed E-state index contributed by atoms with van der Waals surface area (Å²) in [5, 5.41) is 10.7. The van der Waals surface area contributed by atoms with E-state index in [4.69, 9.17) is 16.3 Å². The lowest BCUT2D eigenvalue weighted by molar-refractivity contribution is -0.385. The molecule has 1 aliphatic heterocycles. The predicted molar refractivity (Wildman–Crippen MR) is 105 cm³/mol. The van der Waals surface area contributed by atoms with Crippen molar-refractivity contribution in [2.24, 2.45) is 0 Å². The van der Waals surface area contributed by atoms with Crippen LogP contribution in [0.4, 0.5) is 10.1 Å². The third-order valence-corrected chi connectivity index (χ3v) is 6.92. The molecule has 2 aromatic rings. The second-order valence-electron chi connectivity index (χ2n) is 6.38. The Labute approximate surface area is 176 Å². The third kappa shape index (κ3) is 4.69. The second-order valence-corrected chi connectivity index (χ2v) is 8.69. The molecule has 12 heteroatoms. The number of hydrogen-bond acceptors (Lipinski definition) is 6. The maximum atomic E-state index is 13.8. The topological polar surface area (TPSA) is 110 Å². The molecule has 1 aliphatic rings. The van der Waals surface area contributed by atoms with Crippen LogP contribution in [-0.2, 0) is 14.8 Å². The van der Waals surface area contributed by atoms with Crippen LogP contribution in [0.25, 0.3) is 0 Å². The fourth-order valence-corrected chi connectivity index (χ4v) is 4.84. The number of nitro groups is 1. The number of ether oxygens (including phenoxy) is 1. The predicted octanol–water partition coefficient (Wildman–Crippen LogP) is 2.30. The molecule has 0 N–H and O–H groups in total. The van der Waals surface area contributed by atoms with Gasteiger partial charge in [0.1, 0.15) is 4.90 Å². The number of benzene rings is 2. The Morgan fingerprint density at radius 3 is 2.43 bits per heavy atom. The smallest absolute Gasteiger partial charge is 0.272 e. The molecule has 0 spiro atoms. The van der Waals surface area contributed by atoms with Gasteiger partial charge in [-0.1, -0.05) is 23.7 Å². The van der Waals surface area contributed by atoms with Crippen LogP contribution in [0.3, 0.4) is 0 Å². The average molecular weight is 458 g/mol. The van der Waals surface area contributed by atoms with Gasteiger partial charge in [-0.15, -0.1) is 0 Å². The highest BCUT2D eigenvalue weighted by atomic mass is 35.5. The normalized spacial score (nSPS) is 15.1. The molecular weight excluding hydrogens is 441 g/mol. The molecule has 1 saturated heterocycles. The van der Waals surface area contributed by atoms with E-state index in [1.807, 2.05) is 0 Å². The lowest BCUT2D eigenvalue weighted by atomic mass is 10.3. The molecule has 9 nitrogen and oxygen atoms in total. The lowest BCUT2D eigenvalue weighted by Gasteiger charge is -2.34. The number of non-ortho nitro benzene ring substituents is 1. The molecule has 0 bridgehead atoms. The molecule has 1 heterocycles. The summed E-state index contributed by atoms with van der Waals surface area (Å²) in [6.45, 7) is -0.0639. The minimum atomic E-state index is -3.79. The van der Waals surface area contributed by atoms with Gasteiger partial charge in [-0.3, -0.25) is 14.9 Å². The number of hydrogen-bond donors (Lipinski definition) is 0. The van der Waals surface area contributed by atoms with Crippen LogP contribution in [0.5, 0.6) is 5.75 Å². The first-order valence-corrected chi connectivity index (χ1v) is 10.6. The summed E-state index contributed by atoms with van der Waals surface area (Å²) in [6, 6.07) is 8.97. The molecule has 2 aromatic carbocycles. The first-order valence-electron chi connectivity index (χ1n) is 8.79. The largest absolute Gasteiger partial charge is 0.481 e. The number of carbonyl (C=O) groups excluding carboxylic acids is 1. The molecule has 0 unspecified atom stereocenters. The van der Waals surface area contributed by atoms with Crippen LogP contribution < -0.4 is 4.74 Å². The highest BCUT2D eigenvalue weighted by Gasteiger charge is 2.31. The van der Waals surface area contributed by atoms with Crippen LogP contribution in [0, 0.1) is 15.9 Å². The van der Waals surface area contributed by atoms with E-state index in [-0.39, 0.29) is 41.8 Å². The van der Waals surface area contributed by atoms with Crippen LogP contribution in [0.15, 0.2) is 47.4 Å². The van der Waals surface area contributed by atoms with Gasteiger partial charge in [0.15, 0.2) is 18.2 Å². The maximum Gasteiger partial charge on any atom is 0.272 e. The van der Waals surface area contributed by atoms with Crippen molar-refractivity contribution in [3.63, 3.8) is 0 Å². The maximum absolute atomic E-state index is 13.8. The summed E-state index contributed by atoms with van der Waals surface area (Å²) >= 11 is 5.99. The second kappa shape index (κ2) is 8.94. The zero-order valence-electron chi connectivity index (χ0n) is 15.5. The van der Waals surface area contributed by atoms with E-state index in [0.717, 1.165) is 12.1 Å². The molecule has 0 atom stereocenters. The van der Waals surface area contributed by atoms with Crippen molar-refractivity contribution in [2.75, 3.05) is 32.8 Å². The van der Waals surface area contributed by atoms with Gasteiger partial charge >= 0.3 is 0 Å². The number of halogens is 2. The monoisotopic (exact) mass is 457 g/mol. The van der Waals surface area contributed by atoms with Crippen molar-refractivity contribution in [2.45, 2.75) is 4.90 Å². The van der Waals surface area contributed by atoms with E-state index in [9.17, 15) is 27.7 Å². The van der Waals surface area contributed by atoms with Gasteiger partial charge in [-0.25, -0.2) is 12.8 Å². The van der Waals surface area contributed by atoms with Crippen LogP contribution in [-0.4, -0.2) is 61.2 Å². The number of sulfonamides is 1. The van der Waals surface area contributed by atoms with Gasteiger partial charge in [-0.05, 0) is 18.2 Å². The van der Waals surface area contributed by atoms with Crippen molar-refractivity contribution in [3.8, 4) is 5.75 Å². The lowest BCUT2D eigenvalue weighted by Crippen LogP contribution is -2.51. The van der Waals surface area contributed by atoms with Crippen molar-refractivity contribution >= 4 is 33.2 Å². The van der Waals surface area contributed by atoms with E-state index in [2.05, 4.69) is 0 Å². The van der Waals surface area contributed by atoms with Gasteiger partial charge < -0.3 is 9.64 Å². The number of amides is 1. The Balaban J connectivity index is 1.57. The van der Waals surface area contributed by atoms with Crippen molar-refractivity contribution < 1.29 is 27.3 Å². The zero-order valence-corrected chi connectivity index (χ0v) is 17.1. The number of nitrogens with zero attached hydrogens (tertiary/aromatic N) is 3. The van der Waals surface area contributed by atoms with Crippen molar-refractivity contribution in [1.82, 2.24) is 9.21 Å². The summed E-state index contributed by atoms with van der Waals surface area (Å²) in [7, 11) is -3.79. The van der Waals surface area contributed by atoms with Gasteiger partial charge in [0.2, 0.25) is 10.0 Å². The third-order valence-electron chi connectivity index (χ3n) is 4.52. The fourth-order valence-electron chi connectivity index (χ4n) is 2.92. The highest BCUT2D eigenvalue weighted by Crippen LogP contribution is 2.25. The number of rotatable bonds is 6. The Morgan fingerprint density at radius 1 is 1.17 bits per heavy atom. The van der Waals surface area contributed by atoms with Gasteiger partial charge in [-0.2, -0.15) is 4.31 Å². The first-order chi connectivity index (χ1) is 14.2. The first kappa shape index (κ1) is 21.9. The van der Waals surface area contributed by atoms with Crippen LogP contribution in [0.1, 0.15) is 0 Å². The molecule has 1 amide bonds. The molecular formula is C18H17ClFN3O6S. The van der Waals surface area contributed by atoms with E-state index in [1.165, 1.54) is 21.3 Å². The van der Waals surface area contributed by atoms with Crippen molar-refractivity contribution in [1.29, 1.82) is 0 Å². The number of carbonyl (C=O) groups is 1. The highest BCUT2D eigenvalue weighted by molar-refractivity contribution is 7.89. The summed E-state index contributed by atoms with van der Waals surface area (Å²) in [4.78, 5) is 23.6. The molecule has 0 radical (unpaired) electrons. The number of nitro benzene ring substituents is 1. The molecule has 1 fully saturated rings. The van der Waals surface area contributed by atoms with Gasteiger partial charge in [0.05, 0.1) is 16.0 Å². The molecule has 3 rings (SSSR count). The Bertz CT molecular complexity index is 1070. The van der Waals surface area contributed by atoms with E-state index in [0.29, 0.717) is 6.07 Å². The SMILES string of the molecule is O=C(COc1ccc([N+](=O)[O-])cc1F)N1CCN(S(=O)(=O)c2ccccc2Cl)CC1. The Hall–Kier alpha value is -2.76. The molecule has 0 aliphatic carbocycles. The van der Waals surface area contributed by atoms with Crippen LogP contribution >= 0.6 is 11.6 Å². The van der Waals surface area contributed by atoms with Gasteiger partial charge in [0, 0.05) is 32.2 Å². The Kier molecular flexibility index (Phi) is 6.54. The molecule has 0 aromatic heterocycles. The Morgan fingerprint density at radius 2 is 1.83 bits per heavy atom. The molecule has 160 valence electrons. The van der Waals surface area contributed by atoms with E-state index in [1.54, 1.807) is 12.1 Å². The molecule has 30 heavy (non-hydrogen) atoms. The minimum absolute atomic E-state index is 0.00317. The van der Waals surface area contributed by atoms with Gasteiger partial charge in [0.25, 0.3) is 11.6 Å². The molecule has 0 saturated carbocycles.